The molecule has 1 saturated heterocycles. The SMILES string of the molecule is Cc1cc(C#N)nn1-c1nc(-n2cnc3cc(CN4CCCS4=O)ccc32)ccc1C(C)O. The molecule has 33 heavy (non-hydrogen) atoms. The lowest BCUT2D eigenvalue weighted by atomic mass is 10.1. The number of nitriles is 1. The van der Waals surface area contributed by atoms with Crippen molar-refractivity contribution in [1.29, 1.82) is 5.26 Å². The second kappa shape index (κ2) is 8.51. The van der Waals surface area contributed by atoms with Gasteiger partial charge in [-0.05, 0) is 56.2 Å². The molecule has 1 N–H and O–H groups in total. The van der Waals surface area contributed by atoms with E-state index < -0.39 is 17.1 Å². The van der Waals surface area contributed by atoms with Crippen LogP contribution in [-0.2, 0) is 17.5 Å². The molecule has 10 heteroatoms. The lowest BCUT2D eigenvalue weighted by Crippen LogP contribution is -2.19. The number of hydrogen-bond acceptors (Lipinski definition) is 6. The molecule has 168 valence electrons. The first kappa shape index (κ1) is 21.5. The van der Waals surface area contributed by atoms with Crippen molar-refractivity contribution in [1.82, 2.24) is 28.6 Å². The van der Waals surface area contributed by atoms with Crippen molar-refractivity contribution in [3.63, 3.8) is 0 Å². The molecular formula is C23H23N7O2S. The normalized spacial score (nSPS) is 17.5. The summed E-state index contributed by atoms with van der Waals surface area (Å²) in [5.74, 6) is 1.83. The fourth-order valence-corrected chi connectivity index (χ4v) is 5.37. The molecule has 2 unspecified atom stereocenters. The maximum absolute atomic E-state index is 12.1. The summed E-state index contributed by atoms with van der Waals surface area (Å²) in [6.45, 7) is 5.00. The van der Waals surface area contributed by atoms with E-state index in [0.717, 1.165) is 41.0 Å². The molecule has 3 aromatic heterocycles. The highest BCUT2D eigenvalue weighted by Crippen LogP contribution is 2.25. The quantitative estimate of drug-likeness (QED) is 0.489. The number of aromatic nitrogens is 5. The minimum atomic E-state index is -0.899. The third-order valence-corrected chi connectivity index (χ3v) is 7.30. The third-order valence-electron chi connectivity index (χ3n) is 5.78. The van der Waals surface area contributed by atoms with Crippen LogP contribution in [0.3, 0.4) is 0 Å². The molecule has 4 heterocycles. The Hall–Kier alpha value is -3.39. The van der Waals surface area contributed by atoms with Crippen molar-refractivity contribution in [2.45, 2.75) is 32.9 Å². The summed E-state index contributed by atoms with van der Waals surface area (Å²) in [6, 6.07) is 13.4. The predicted molar refractivity (Wildman–Crippen MR) is 124 cm³/mol. The molecule has 0 amide bonds. The van der Waals surface area contributed by atoms with E-state index in [1.54, 1.807) is 24.0 Å². The molecule has 1 aromatic carbocycles. The van der Waals surface area contributed by atoms with Crippen LogP contribution in [0.4, 0.5) is 0 Å². The summed E-state index contributed by atoms with van der Waals surface area (Å²) in [6.07, 6.45) is 1.92. The molecule has 0 bridgehead atoms. The van der Waals surface area contributed by atoms with Gasteiger partial charge in [-0.25, -0.2) is 23.2 Å². The van der Waals surface area contributed by atoms with Crippen LogP contribution in [0.1, 0.15) is 42.0 Å². The van der Waals surface area contributed by atoms with E-state index in [1.165, 1.54) is 0 Å². The van der Waals surface area contributed by atoms with Crippen LogP contribution in [0, 0.1) is 18.3 Å². The Morgan fingerprint density at radius 2 is 2.12 bits per heavy atom. The van der Waals surface area contributed by atoms with Crippen molar-refractivity contribution in [2.75, 3.05) is 12.3 Å². The molecule has 4 aromatic rings. The monoisotopic (exact) mass is 461 g/mol. The number of aliphatic hydroxyl groups is 1. The molecular weight excluding hydrogens is 438 g/mol. The highest BCUT2D eigenvalue weighted by molar-refractivity contribution is 7.82. The van der Waals surface area contributed by atoms with Crippen molar-refractivity contribution < 1.29 is 9.32 Å². The fourth-order valence-electron chi connectivity index (χ4n) is 4.11. The summed E-state index contributed by atoms with van der Waals surface area (Å²) < 4.78 is 17.5. The smallest absolute Gasteiger partial charge is 0.163 e. The van der Waals surface area contributed by atoms with Crippen LogP contribution in [0.2, 0.25) is 0 Å². The zero-order valence-electron chi connectivity index (χ0n) is 18.3. The minimum Gasteiger partial charge on any atom is -0.389 e. The Morgan fingerprint density at radius 1 is 1.27 bits per heavy atom. The van der Waals surface area contributed by atoms with Gasteiger partial charge in [-0.15, -0.1) is 0 Å². The summed E-state index contributed by atoms with van der Waals surface area (Å²) >= 11 is 0. The highest BCUT2D eigenvalue weighted by Gasteiger charge is 2.21. The van der Waals surface area contributed by atoms with E-state index in [1.807, 2.05) is 52.2 Å². The van der Waals surface area contributed by atoms with Gasteiger partial charge in [0.1, 0.15) is 18.2 Å². The van der Waals surface area contributed by atoms with Gasteiger partial charge in [0.05, 0.1) is 28.1 Å². The van der Waals surface area contributed by atoms with Gasteiger partial charge in [0.2, 0.25) is 0 Å². The second-order valence-electron chi connectivity index (χ2n) is 8.13. The zero-order chi connectivity index (χ0) is 23.1. The standard InChI is InChI=1S/C23H23N7O2S/c1-15-10-18(12-24)27-30(15)23-19(16(2)31)5-7-22(26-23)29-14-25-20-11-17(4-6-21(20)29)13-28-8-3-9-33(28)32/h4-7,10-11,14,16,31H,3,8-9,13H2,1-2H3. The number of benzene rings is 1. The van der Waals surface area contributed by atoms with Gasteiger partial charge in [-0.2, -0.15) is 10.4 Å². The molecule has 0 radical (unpaired) electrons. The highest BCUT2D eigenvalue weighted by atomic mass is 32.2. The molecule has 0 spiro atoms. The summed E-state index contributed by atoms with van der Waals surface area (Å²) in [7, 11) is -0.899. The Bertz CT molecular complexity index is 1420. The molecule has 1 aliphatic heterocycles. The van der Waals surface area contributed by atoms with Crippen LogP contribution >= 0.6 is 0 Å². The maximum atomic E-state index is 12.1. The van der Waals surface area contributed by atoms with Crippen molar-refractivity contribution in [2.24, 2.45) is 0 Å². The number of nitrogens with zero attached hydrogens (tertiary/aromatic N) is 7. The number of aryl methyl sites for hydroxylation is 1. The van der Waals surface area contributed by atoms with E-state index in [9.17, 15) is 14.6 Å². The third kappa shape index (κ3) is 3.95. The Morgan fingerprint density at radius 3 is 2.82 bits per heavy atom. The molecule has 1 aliphatic rings. The Kier molecular flexibility index (Phi) is 5.54. The van der Waals surface area contributed by atoms with Crippen LogP contribution in [0.15, 0.2) is 42.7 Å². The van der Waals surface area contributed by atoms with Gasteiger partial charge in [0.25, 0.3) is 0 Å². The first-order chi connectivity index (χ1) is 15.9. The molecule has 1 fully saturated rings. The first-order valence-electron chi connectivity index (χ1n) is 10.7. The summed E-state index contributed by atoms with van der Waals surface area (Å²) in [4.78, 5) is 9.34. The first-order valence-corrected chi connectivity index (χ1v) is 12.0. The number of pyridine rings is 1. The van der Waals surface area contributed by atoms with E-state index in [0.29, 0.717) is 23.7 Å². The van der Waals surface area contributed by atoms with E-state index >= 15 is 0 Å². The zero-order valence-corrected chi connectivity index (χ0v) is 19.2. The Labute approximate surface area is 193 Å². The van der Waals surface area contributed by atoms with Gasteiger partial charge in [-0.3, -0.25) is 4.57 Å². The average Bonchev–Trinajstić information content (AvgIpc) is 3.51. The van der Waals surface area contributed by atoms with Gasteiger partial charge < -0.3 is 5.11 Å². The predicted octanol–water partition coefficient (Wildman–Crippen LogP) is 2.71. The van der Waals surface area contributed by atoms with Gasteiger partial charge in [0.15, 0.2) is 11.5 Å². The van der Waals surface area contributed by atoms with Crippen LogP contribution < -0.4 is 0 Å². The lowest BCUT2D eigenvalue weighted by Gasteiger charge is -2.15. The summed E-state index contributed by atoms with van der Waals surface area (Å²) in [5.41, 5.74) is 4.42. The molecule has 0 aliphatic carbocycles. The van der Waals surface area contributed by atoms with Crippen LogP contribution in [-0.4, -0.2) is 50.2 Å². The molecule has 2 atom stereocenters. The van der Waals surface area contributed by atoms with Gasteiger partial charge in [-0.1, -0.05) is 6.07 Å². The topological polar surface area (TPSA) is 113 Å². The average molecular weight is 462 g/mol. The molecule has 0 saturated carbocycles. The maximum Gasteiger partial charge on any atom is 0.163 e. The fraction of sp³-hybridized carbons (Fsp3) is 0.304. The van der Waals surface area contributed by atoms with Crippen LogP contribution in [0.25, 0.3) is 22.7 Å². The van der Waals surface area contributed by atoms with Crippen molar-refractivity contribution in [3.8, 4) is 17.7 Å². The van der Waals surface area contributed by atoms with E-state index in [-0.39, 0.29) is 5.69 Å². The van der Waals surface area contributed by atoms with Gasteiger partial charge in [0, 0.05) is 30.1 Å². The largest absolute Gasteiger partial charge is 0.389 e. The number of fused-ring (bicyclic) bond motifs is 1. The summed E-state index contributed by atoms with van der Waals surface area (Å²) in [5, 5.41) is 23.8. The Balaban J connectivity index is 1.55. The lowest BCUT2D eigenvalue weighted by molar-refractivity contribution is 0.198. The number of hydrogen-bond donors (Lipinski definition) is 1. The number of imidazole rings is 1. The second-order valence-corrected chi connectivity index (χ2v) is 9.70. The molecule has 5 rings (SSSR count). The van der Waals surface area contributed by atoms with Crippen LogP contribution in [0.5, 0.6) is 0 Å². The number of aliphatic hydroxyl groups excluding tert-OH is 1. The van der Waals surface area contributed by atoms with Gasteiger partial charge >= 0.3 is 0 Å². The number of rotatable bonds is 5. The minimum absolute atomic E-state index is 0.288. The van der Waals surface area contributed by atoms with E-state index in [4.69, 9.17) is 4.98 Å². The molecule has 9 nitrogen and oxygen atoms in total. The van der Waals surface area contributed by atoms with Crippen molar-refractivity contribution in [3.05, 3.63) is 65.2 Å². The van der Waals surface area contributed by atoms with Crippen molar-refractivity contribution >= 4 is 22.0 Å². The van der Waals surface area contributed by atoms with E-state index in [2.05, 4.69) is 10.1 Å².